The van der Waals surface area contributed by atoms with Gasteiger partial charge in [-0.05, 0) is 0 Å². The Hall–Kier alpha value is 0.756. The summed E-state index contributed by atoms with van der Waals surface area (Å²) in [6.07, 6.45) is 1.65. The first-order valence-corrected chi connectivity index (χ1v) is 1.22. The van der Waals surface area contributed by atoms with Crippen molar-refractivity contribution in [1.82, 2.24) is 0 Å². The van der Waals surface area contributed by atoms with E-state index in [1.54, 1.807) is 6.08 Å². The van der Waals surface area contributed by atoms with E-state index < -0.39 is 0 Å². The number of hydrogen-bond acceptors (Lipinski definition) is 1. The molecule has 0 atom stereocenters. The van der Waals surface area contributed by atoms with Crippen LogP contribution in [-0.2, 0) is 0 Å². The van der Waals surface area contributed by atoms with Gasteiger partial charge in [-0.1, -0.05) is 6.08 Å². The molecule has 6 heavy (non-hydrogen) atoms. The van der Waals surface area contributed by atoms with E-state index in [4.69, 9.17) is 5.73 Å². The molecule has 32 valence electrons. The van der Waals surface area contributed by atoms with E-state index in [1.807, 2.05) is 0 Å². The van der Waals surface area contributed by atoms with Crippen LogP contribution in [0.3, 0.4) is 0 Å². The van der Waals surface area contributed by atoms with Crippen LogP contribution in [0.25, 0.3) is 0 Å². The number of nitrogens with two attached hydrogens (primary N) is 1. The minimum absolute atomic E-state index is 0. The summed E-state index contributed by atoms with van der Waals surface area (Å²) < 4.78 is 0. The molecule has 0 radical (unpaired) electrons. The first kappa shape index (κ1) is 15.9. The molecule has 0 aromatic rings. The molecule has 1 nitrogen and oxygen atoms in total. The van der Waals surface area contributed by atoms with Crippen molar-refractivity contribution in [3.8, 4) is 0 Å². The van der Waals surface area contributed by atoms with Crippen molar-refractivity contribution in [3.05, 3.63) is 12.7 Å². The van der Waals surface area contributed by atoms with Crippen LogP contribution in [0, 0.1) is 0 Å². The molecule has 3 heteroatoms. The standard InChI is InChI=1S/C3H7N.ClH.Mg/c1-2-3-4;;/h2H,1,3-4H2;1H;/q;;+2/p-1. The van der Waals surface area contributed by atoms with E-state index in [0.717, 1.165) is 0 Å². The summed E-state index contributed by atoms with van der Waals surface area (Å²) in [7, 11) is 0. The fourth-order valence-corrected chi connectivity index (χ4v) is 0. The predicted molar refractivity (Wildman–Crippen MR) is 25.0 cm³/mol. The molecule has 0 unspecified atom stereocenters. The largest absolute Gasteiger partial charge is 2.00 e. The SMILES string of the molecule is C=CCN.[Cl-].[Mg+2]. The minimum Gasteiger partial charge on any atom is -1.00 e. The molecule has 0 aliphatic heterocycles. The number of hydrogen-bond donors (Lipinski definition) is 1. The molecular weight excluding hydrogens is 110 g/mol. The summed E-state index contributed by atoms with van der Waals surface area (Å²) in [5.74, 6) is 0. The van der Waals surface area contributed by atoms with Gasteiger partial charge < -0.3 is 18.1 Å². The Morgan fingerprint density at radius 1 is 1.67 bits per heavy atom. The van der Waals surface area contributed by atoms with Gasteiger partial charge in [0.1, 0.15) is 0 Å². The predicted octanol–water partition coefficient (Wildman–Crippen LogP) is -3.25. The Morgan fingerprint density at radius 2 is 1.83 bits per heavy atom. The van der Waals surface area contributed by atoms with Gasteiger partial charge in [0.05, 0.1) is 0 Å². The van der Waals surface area contributed by atoms with E-state index in [2.05, 4.69) is 6.58 Å². The Labute approximate surface area is 60.5 Å². The topological polar surface area (TPSA) is 26.0 Å². The smallest absolute Gasteiger partial charge is 1.00 e. The fourth-order valence-electron chi connectivity index (χ4n) is 0. The van der Waals surface area contributed by atoms with Gasteiger partial charge in [0.2, 0.25) is 0 Å². The van der Waals surface area contributed by atoms with E-state index >= 15 is 0 Å². The third kappa shape index (κ3) is 21.8. The van der Waals surface area contributed by atoms with E-state index in [9.17, 15) is 0 Å². The third-order valence-corrected chi connectivity index (χ3v) is 0.167. The van der Waals surface area contributed by atoms with Crippen LogP contribution in [0.1, 0.15) is 0 Å². The molecule has 0 bridgehead atoms. The second-order valence-electron chi connectivity index (χ2n) is 0.524. The molecule has 0 aliphatic rings. The van der Waals surface area contributed by atoms with Gasteiger partial charge in [-0.15, -0.1) is 6.58 Å². The van der Waals surface area contributed by atoms with Crippen molar-refractivity contribution in [2.24, 2.45) is 5.73 Å². The van der Waals surface area contributed by atoms with Gasteiger partial charge in [0.15, 0.2) is 0 Å². The average Bonchev–Trinajstić information content (AvgIpc) is 1.37. The first-order valence-electron chi connectivity index (χ1n) is 1.22. The zero-order chi connectivity index (χ0) is 3.41. The van der Waals surface area contributed by atoms with Crippen LogP contribution in [-0.4, -0.2) is 29.6 Å². The average molecular weight is 117 g/mol. The summed E-state index contributed by atoms with van der Waals surface area (Å²) in [6.45, 7) is 3.94. The quantitative estimate of drug-likeness (QED) is 0.283. The Morgan fingerprint density at radius 3 is 1.83 bits per heavy atom. The first-order chi connectivity index (χ1) is 1.91. The Kier molecular flexibility index (Phi) is 45.3. The molecule has 0 fully saturated rings. The molecule has 0 aromatic heterocycles. The maximum Gasteiger partial charge on any atom is 2.00 e. The Balaban J connectivity index is -0.0000000450. The summed E-state index contributed by atoms with van der Waals surface area (Å²) >= 11 is 0. The summed E-state index contributed by atoms with van der Waals surface area (Å²) in [5.41, 5.74) is 4.91. The summed E-state index contributed by atoms with van der Waals surface area (Å²) in [5, 5.41) is 0. The molecule has 0 amide bonds. The number of halogens is 1. The van der Waals surface area contributed by atoms with E-state index in [0.29, 0.717) is 6.54 Å². The molecule has 2 N–H and O–H groups in total. The van der Waals surface area contributed by atoms with Crippen molar-refractivity contribution in [3.63, 3.8) is 0 Å². The summed E-state index contributed by atoms with van der Waals surface area (Å²) in [6, 6.07) is 0. The number of rotatable bonds is 1. The maximum absolute atomic E-state index is 4.91. The van der Waals surface area contributed by atoms with Gasteiger partial charge >= 0.3 is 23.1 Å². The monoisotopic (exact) mass is 116 g/mol. The van der Waals surface area contributed by atoms with Crippen LogP contribution >= 0.6 is 0 Å². The zero-order valence-electron chi connectivity index (χ0n) is 3.65. The van der Waals surface area contributed by atoms with Gasteiger partial charge in [0, 0.05) is 6.54 Å². The van der Waals surface area contributed by atoms with Crippen molar-refractivity contribution in [1.29, 1.82) is 0 Å². The molecule has 0 heterocycles. The van der Waals surface area contributed by atoms with Gasteiger partial charge in [-0.3, -0.25) is 0 Å². The van der Waals surface area contributed by atoms with E-state index in [-0.39, 0.29) is 35.5 Å². The van der Waals surface area contributed by atoms with Gasteiger partial charge in [-0.25, -0.2) is 0 Å². The van der Waals surface area contributed by atoms with Gasteiger partial charge in [-0.2, -0.15) is 0 Å². The van der Waals surface area contributed by atoms with Crippen molar-refractivity contribution in [2.75, 3.05) is 6.54 Å². The second kappa shape index (κ2) is 17.1. The minimum atomic E-state index is 0. The molecule has 0 aliphatic carbocycles. The summed E-state index contributed by atoms with van der Waals surface area (Å²) in [4.78, 5) is 0. The zero-order valence-corrected chi connectivity index (χ0v) is 5.82. The Bertz CT molecular complexity index is 24.8. The molecular formula is C3H7ClMgN+. The van der Waals surface area contributed by atoms with Crippen LogP contribution in [0.4, 0.5) is 0 Å². The normalized spacial score (nSPS) is 4.17. The molecule has 0 saturated heterocycles. The van der Waals surface area contributed by atoms with Crippen LogP contribution in [0.15, 0.2) is 12.7 Å². The molecule has 0 saturated carbocycles. The van der Waals surface area contributed by atoms with Crippen molar-refractivity contribution < 1.29 is 12.4 Å². The molecule has 0 aromatic carbocycles. The van der Waals surface area contributed by atoms with Crippen LogP contribution in [0.2, 0.25) is 0 Å². The van der Waals surface area contributed by atoms with Crippen molar-refractivity contribution in [2.45, 2.75) is 0 Å². The van der Waals surface area contributed by atoms with Crippen molar-refractivity contribution >= 4 is 23.1 Å². The molecule has 0 rings (SSSR count). The maximum atomic E-state index is 4.91. The fraction of sp³-hybridized carbons (Fsp3) is 0.333. The van der Waals surface area contributed by atoms with Gasteiger partial charge in [0.25, 0.3) is 0 Å². The van der Waals surface area contributed by atoms with Crippen LogP contribution < -0.4 is 18.1 Å². The third-order valence-electron chi connectivity index (χ3n) is 0.167. The second-order valence-corrected chi connectivity index (χ2v) is 0.524. The molecule has 0 spiro atoms. The van der Waals surface area contributed by atoms with Crippen LogP contribution in [0.5, 0.6) is 0 Å². The van der Waals surface area contributed by atoms with E-state index in [1.165, 1.54) is 0 Å².